The number of amides is 1. The average Bonchev–Trinajstić information content (AvgIpc) is 3.19. The molecule has 0 fully saturated rings. The number of nitrogens with one attached hydrogen (secondary N) is 1. The summed E-state index contributed by atoms with van der Waals surface area (Å²) in [6, 6.07) is 15.5. The number of halogens is 1. The van der Waals surface area contributed by atoms with Crippen LogP contribution >= 0.6 is 11.6 Å². The molecule has 0 spiro atoms. The lowest BCUT2D eigenvalue weighted by atomic mass is 10.2. The number of pyridine rings is 1. The molecule has 0 bridgehead atoms. The third kappa shape index (κ3) is 3.77. The number of carbonyl (C=O) groups excluding carboxylic acids is 1. The normalized spacial score (nSPS) is 11.4. The summed E-state index contributed by atoms with van der Waals surface area (Å²) in [5.74, 6) is -0.345. The van der Waals surface area contributed by atoms with Crippen molar-refractivity contribution in [3.63, 3.8) is 0 Å². The fourth-order valence-electron chi connectivity index (χ4n) is 3.17. The molecule has 0 radical (unpaired) electrons. The van der Waals surface area contributed by atoms with Gasteiger partial charge in [-0.05, 0) is 31.5 Å². The highest BCUT2D eigenvalue weighted by Gasteiger charge is 2.16. The Hall–Kier alpha value is -3.45. The van der Waals surface area contributed by atoms with E-state index in [2.05, 4.69) is 20.6 Å². The van der Waals surface area contributed by atoms with Gasteiger partial charge in [0.15, 0.2) is 0 Å². The van der Waals surface area contributed by atoms with E-state index >= 15 is 0 Å². The zero-order chi connectivity index (χ0) is 20.4. The van der Waals surface area contributed by atoms with Crippen LogP contribution in [0.2, 0.25) is 5.15 Å². The number of hydrazone groups is 1. The first-order valence-electron chi connectivity index (χ1n) is 9.08. The minimum Gasteiger partial charge on any atom is -0.295 e. The molecule has 8 heteroatoms. The van der Waals surface area contributed by atoms with Crippen molar-refractivity contribution in [2.45, 2.75) is 20.4 Å². The maximum absolute atomic E-state index is 12.6. The third-order valence-corrected chi connectivity index (χ3v) is 4.96. The molecule has 0 aliphatic carbocycles. The van der Waals surface area contributed by atoms with E-state index in [1.807, 2.05) is 55.5 Å². The van der Waals surface area contributed by atoms with E-state index in [1.165, 1.54) is 6.21 Å². The van der Waals surface area contributed by atoms with Crippen LogP contribution in [-0.2, 0) is 6.54 Å². The average molecular weight is 407 g/mol. The van der Waals surface area contributed by atoms with E-state index in [0.29, 0.717) is 34.3 Å². The predicted molar refractivity (Wildman–Crippen MR) is 113 cm³/mol. The first kappa shape index (κ1) is 18.9. The zero-order valence-corrected chi connectivity index (χ0v) is 16.8. The second kappa shape index (κ2) is 7.89. The van der Waals surface area contributed by atoms with Crippen molar-refractivity contribution in [3.05, 3.63) is 88.1 Å². The number of fused-ring (bicyclic) bond motifs is 1. The van der Waals surface area contributed by atoms with Crippen molar-refractivity contribution >= 4 is 29.4 Å². The quantitative estimate of drug-likeness (QED) is 0.406. The van der Waals surface area contributed by atoms with Crippen LogP contribution in [0.3, 0.4) is 0 Å². The minimum atomic E-state index is -0.345. The second-order valence-electron chi connectivity index (χ2n) is 6.61. The fourth-order valence-corrected chi connectivity index (χ4v) is 3.45. The van der Waals surface area contributed by atoms with Crippen LogP contribution in [0.25, 0.3) is 5.65 Å². The van der Waals surface area contributed by atoms with Gasteiger partial charge in [-0.1, -0.05) is 48.0 Å². The Morgan fingerprint density at radius 3 is 2.69 bits per heavy atom. The first-order valence-corrected chi connectivity index (χ1v) is 9.46. The summed E-state index contributed by atoms with van der Waals surface area (Å²) >= 11 is 6.48. The van der Waals surface area contributed by atoms with Crippen LogP contribution in [0.4, 0.5) is 0 Å². The standard InChI is InChI=1S/C21H19ClN6O/c1-14-17(20(22)28(26-14)13-16-8-4-3-5-9-16)12-23-25-21(29)19-15(2)24-18-10-6-7-11-27(18)19/h3-12H,13H2,1-2H3,(H,25,29). The molecule has 0 saturated heterocycles. The van der Waals surface area contributed by atoms with Crippen LogP contribution in [0.1, 0.15) is 33.0 Å². The monoisotopic (exact) mass is 406 g/mol. The Balaban J connectivity index is 1.52. The summed E-state index contributed by atoms with van der Waals surface area (Å²) < 4.78 is 3.44. The van der Waals surface area contributed by atoms with E-state index in [4.69, 9.17) is 11.6 Å². The lowest BCUT2D eigenvalue weighted by Crippen LogP contribution is -2.20. The number of benzene rings is 1. The van der Waals surface area contributed by atoms with E-state index in [1.54, 1.807) is 22.2 Å². The van der Waals surface area contributed by atoms with Gasteiger partial charge in [-0.2, -0.15) is 10.2 Å². The van der Waals surface area contributed by atoms with Crippen molar-refractivity contribution in [2.75, 3.05) is 0 Å². The summed E-state index contributed by atoms with van der Waals surface area (Å²) in [6.45, 7) is 4.20. The first-order chi connectivity index (χ1) is 14.0. The van der Waals surface area contributed by atoms with Crippen LogP contribution in [-0.4, -0.2) is 31.3 Å². The molecule has 1 amide bonds. The summed E-state index contributed by atoms with van der Waals surface area (Å²) in [6.07, 6.45) is 3.31. The Kier molecular flexibility index (Phi) is 5.14. The van der Waals surface area contributed by atoms with Crippen molar-refractivity contribution in [1.82, 2.24) is 24.6 Å². The van der Waals surface area contributed by atoms with Crippen LogP contribution < -0.4 is 5.43 Å². The Morgan fingerprint density at radius 1 is 1.14 bits per heavy atom. The van der Waals surface area contributed by atoms with Crippen LogP contribution in [0.15, 0.2) is 59.8 Å². The van der Waals surface area contributed by atoms with Gasteiger partial charge in [0.2, 0.25) is 0 Å². The number of imidazole rings is 1. The van der Waals surface area contributed by atoms with Gasteiger partial charge in [0.05, 0.1) is 29.7 Å². The number of aromatic nitrogens is 4. The molecule has 3 aromatic heterocycles. The molecule has 29 heavy (non-hydrogen) atoms. The van der Waals surface area contributed by atoms with E-state index in [9.17, 15) is 4.79 Å². The zero-order valence-electron chi connectivity index (χ0n) is 16.0. The van der Waals surface area contributed by atoms with E-state index < -0.39 is 0 Å². The molecule has 146 valence electrons. The molecular weight excluding hydrogens is 388 g/mol. The van der Waals surface area contributed by atoms with Crippen molar-refractivity contribution in [1.29, 1.82) is 0 Å². The number of aryl methyl sites for hydroxylation is 2. The molecule has 4 aromatic rings. The largest absolute Gasteiger partial charge is 0.295 e. The molecule has 3 heterocycles. The smallest absolute Gasteiger partial charge is 0.290 e. The Morgan fingerprint density at radius 2 is 1.90 bits per heavy atom. The lowest BCUT2D eigenvalue weighted by molar-refractivity contribution is 0.0948. The van der Waals surface area contributed by atoms with E-state index in [0.717, 1.165) is 11.3 Å². The van der Waals surface area contributed by atoms with Crippen molar-refractivity contribution in [2.24, 2.45) is 5.10 Å². The number of carbonyl (C=O) groups is 1. The van der Waals surface area contributed by atoms with Gasteiger partial charge in [-0.25, -0.2) is 15.1 Å². The van der Waals surface area contributed by atoms with E-state index in [-0.39, 0.29) is 5.91 Å². The second-order valence-corrected chi connectivity index (χ2v) is 6.96. The molecule has 0 unspecified atom stereocenters. The number of hydrogen-bond donors (Lipinski definition) is 1. The third-order valence-electron chi connectivity index (χ3n) is 4.56. The molecular formula is C21H19ClN6O. The van der Waals surface area contributed by atoms with Gasteiger partial charge in [0.1, 0.15) is 16.5 Å². The highest BCUT2D eigenvalue weighted by molar-refractivity contribution is 6.32. The van der Waals surface area contributed by atoms with Crippen LogP contribution in [0, 0.1) is 13.8 Å². The maximum Gasteiger partial charge on any atom is 0.290 e. The van der Waals surface area contributed by atoms with Crippen LogP contribution in [0.5, 0.6) is 0 Å². The number of hydrogen-bond acceptors (Lipinski definition) is 4. The molecule has 1 N–H and O–H groups in total. The molecule has 0 atom stereocenters. The van der Waals surface area contributed by atoms with Gasteiger partial charge in [0.25, 0.3) is 5.91 Å². The molecule has 0 aliphatic heterocycles. The minimum absolute atomic E-state index is 0.345. The molecule has 0 aliphatic rings. The lowest BCUT2D eigenvalue weighted by Gasteiger charge is -2.03. The van der Waals surface area contributed by atoms with Gasteiger partial charge in [-0.15, -0.1) is 0 Å². The molecule has 1 aromatic carbocycles. The Bertz CT molecular complexity index is 1210. The van der Waals surface area contributed by atoms with Gasteiger partial charge in [0, 0.05) is 6.20 Å². The topological polar surface area (TPSA) is 76.6 Å². The number of rotatable bonds is 5. The Labute approximate surface area is 172 Å². The van der Waals surface area contributed by atoms with Gasteiger partial charge >= 0.3 is 0 Å². The molecule has 4 rings (SSSR count). The van der Waals surface area contributed by atoms with Gasteiger partial charge < -0.3 is 0 Å². The fraction of sp³-hybridized carbons (Fsp3) is 0.143. The number of nitrogens with zero attached hydrogens (tertiary/aromatic N) is 5. The van der Waals surface area contributed by atoms with Crippen molar-refractivity contribution in [3.8, 4) is 0 Å². The SMILES string of the molecule is Cc1nn(Cc2ccccc2)c(Cl)c1C=NNC(=O)c1c(C)nc2ccccn12. The highest BCUT2D eigenvalue weighted by Crippen LogP contribution is 2.19. The summed E-state index contributed by atoms with van der Waals surface area (Å²) in [5, 5.41) is 9.03. The predicted octanol–water partition coefficient (Wildman–Crippen LogP) is 3.61. The highest BCUT2D eigenvalue weighted by atomic mass is 35.5. The molecule has 7 nitrogen and oxygen atoms in total. The maximum atomic E-state index is 12.6. The van der Waals surface area contributed by atoms with Crippen molar-refractivity contribution < 1.29 is 4.79 Å². The van der Waals surface area contributed by atoms with Gasteiger partial charge in [-0.3, -0.25) is 9.20 Å². The summed E-state index contributed by atoms with van der Waals surface area (Å²) in [5.41, 5.74) is 6.83. The summed E-state index contributed by atoms with van der Waals surface area (Å²) in [4.78, 5) is 17.0. The molecule has 0 saturated carbocycles. The summed E-state index contributed by atoms with van der Waals surface area (Å²) in [7, 11) is 0.